The lowest BCUT2D eigenvalue weighted by Crippen LogP contribution is -2.03. The van der Waals surface area contributed by atoms with Crippen LogP contribution in [-0.2, 0) is 0 Å². The van der Waals surface area contributed by atoms with Crippen molar-refractivity contribution in [1.82, 2.24) is 4.98 Å². The Labute approximate surface area is 113 Å². The molecule has 0 saturated heterocycles. The highest BCUT2D eigenvalue weighted by atomic mass is 79.9. The van der Waals surface area contributed by atoms with Crippen LogP contribution in [0.2, 0.25) is 0 Å². The standard InChI is InChI=1S/C13H11BrN2O2/c1-8-6-9(14)2-3-11(8)16-12-7-15-5-4-10(12)13(17)18/h2-7,16H,1H3,(H,17,18). The van der Waals surface area contributed by atoms with Gasteiger partial charge in [-0.05, 0) is 36.8 Å². The summed E-state index contributed by atoms with van der Waals surface area (Å²) in [6.07, 6.45) is 2.97. The van der Waals surface area contributed by atoms with Crippen LogP contribution in [0, 0.1) is 6.92 Å². The Kier molecular flexibility index (Phi) is 3.62. The molecule has 0 aliphatic rings. The molecule has 0 spiro atoms. The summed E-state index contributed by atoms with van der Waals surface area (Å²) in [5, 5.41) is 12.2. The number of pyridine rings is 1. The van der Waals surface area contributed by atoms with Crippen LogP contribution in [0.4, 0.5) is 11.4 Å². The van der Waals surface area contributed by atoms with Crippen molar-refractivity contribution in [2.24, 2.45) is 0 Å². The van der Waals surface area contributed by atoms with Crippen LogP contribution < -0.4 is 5.32 Å². The molecule has 2 aromatic rings. The number of aryl methyl sites for hydroxylation is 1. The fourth-order valence-electron chi connectivity index (χ4n) is 1.59. The zero-order valence-electron chi connectivity index (χ0n) is 9.64. The molecule has 18 heavy (non-hydrogen) atoms. The molecule has 0 atom stereocenters. The molecule has 0 fully saturated rings. The van der Waals surface area contributed by atoms with Crippen molar-refractivity contribution in [3.63, 3.8) is 0 Å². The number of halogens is 1. The second-order valence-corrected chi connectivity index (χ2v) is 4.73. The summed E-state index contributed by atoms with van der Waals surface area (Å²) in [6.45, 7) is 1.95. The average Bonchev–Trinajstić information content (AvgIpc) is 2.33. The summed E-state index contributed by atoms with van der Waals surface area (Å²) in [6, 6.07) is 7.21. The number of hydrogen-bond donors (Lipinski definition) is 2. The van der Waals surface area contributed by atoms with Crippen molar-refractivity contribution in [2.45, 2.75) is 6.92 Å². The van der Waals surface area contributed by atoms with Gasteiger partial charge >= 0.3 is 5.97 Å². The van der Waals surface area contributed by atoms with Gasteiger partial charge in [0.05, 0.1) is 17.4 Å². The Balaban J connectivity index is 2.37. The number of aromatic nitrogens is 1. The predicted molar refractivity (Wildman–Crippen MR) is 73.4 cm³/mol. The summed E-state index contributed by atoms with van der Waals surface area (Å²) in [5.74, 6) is -0.977. The van der Waals surface area contributed by atoms with Gasteiger partial charge in [0, 0.05) is 16.4 Å². The van der Waals surface area contributed by atoms with Gasteiger partial charge in [-0.1, -0.05) is 15.9 Å². The molecule has 0 bridgehead atoms. The molecule has 1 aromatic carbocycles. The number of carboxylic acids is 1. The topological polar surface area (TPSA) is 62.2 Å². The number of carboxylic acid groups (broad SMARTS) is 1. The van der Waals surface area contributed by atoms with Crippen molar-refractivity contribution >= 4 is 33.3 Å². The molecule has 1 aromatic heterocycles. The second-order valence-electron chi connectivity index (χ2n) is 3.81. The Hall–Kier alpha value is -1.88. The first-order chi connectivity index (χ1) is 8.58. The van der Waals surface area contributed by atoms with Crippen LogP contribution in [0.1, 0.15) is 15.9 Å². The number of benzene rings is 1. The van der Waals surface area contributed by atoms with E-state index in [-0.39, 0.29) is 5.56 Å². The van der Waals surface area contributed by atoms with Gasteiger partial charge < -0.3 is 10.4 Å². The molecule has 0 saturated carbocycles. The SMILES string of the molecule is Cc1cc(Br)ccc1Nc1cnccc1C(=O)O. The minimum absolute atomic E-state index is 0.201. The first kappa shape index (κ1) is 12.6. The number of nitrogens with zero attached hydrogens (tertiary/aromatic N) is 1. The van der Waals surface area contributed by atoms with Crippen LogP contribution in [0.3, 0.4) is 0 Å². The van der Waals surface area contributed by atoms with E-state index in [0.29, 0.717) is 5.69 Å². The lowest BCUT2D eigenvalue weighted by Gasteiger charge is -2.11. The van der Waals surface area contributed by atoms with Gasteiger partial charge in [0.25, 0.3) is 0 Å². The third-order valence-electron chi connectivity index (χ3n) is 2.51. The highest BCUT2D eigenvalue weighted by molar-refractivity contribution is 9.10. The molecular formula is C13H11BrN2O2. The van der Waals surface area contributed by atoms with Gasteiger partial charge in [-0.15, -0.1) is 0 Å². The first-order valence-corrected chi connectivity index (χ1v) is 6.07. The van der Waals surface area contributed by atoms with E-state index in [4.69, 9.17) is 5.11 Å². The predicted octanol–water partition coefficient (Wildman–Crippen LogP) is 3.59. The molecule has 2 N–H and O–H groups in total. The number of rotatable bonds is 3. The van der Waals surface area contributed by atoms with Crippen molar-refractivity contribution in [3.05, 3.63) is 52.3 Å². The third-order valence-corrected chi connectivity index (χ3v) is 3.00. The van der Waals surface area contributed by atoms with E-state index in [1.807, 2.05) is 25.1 Å². The molecular weight excluding hydrogens is 296 g/mol. The van der Waals surface area contributed by atoms with Gasteiger partial charge in [-0.25, -0.2) is 4.79 Å². The molecule has 0 unspecified atom stereocenters. The monoisotopic (exact) mass is 306 g/mol. The van der Waals surface area contributed by atoms with E-state index < -0.39 is 5.97 Å². The Bertz CT molecular complexity index is 599. The van der Waals surface area contributed by atoms with Crippen LogP contribution in [0.15, 0.2) is 41.1 Å². The Morgan fingerprint density at radius 2 is 2.11 bits per heavy atom. The fourth-order valence-corrected chi connectivity index (χ4v) is 2.07. The molecule has 0 aliphatic heterocycles. The zero-order valence-corrected chi connectivity index (χ0v) is 11.2. The van der Waals surface area contributed by atoms with Gasteiger partial charge in [-0.3, -0.25) is 4.98 Å². The summed E-state index contributed by atoms with van der Waals surface area (Å²) < 4.78 is 0.982. The van der Waals surface area contributed by atoms with E-state index in [1.165, 1.54) is 18.5 Å². The first-order valence-electron chi connectivity index (χ1n) is 5.28. The van der Waals surface area contributed by atoms with Crippen LogP contribution >= 0.6 is 15.9 Å². The number of anilines is 2. The van der Waals surface area contributed by atoms with Crippen molar-refractivity contribution in [3.8, 4) is 0 Å². The molecule has 2 rings (SSSR count). The second kappa shape index (κ2) is 5.18. The van der Waals surface area contributed by atoms with Crippen molar-refractivity contribution in [1.29, 1.82) is 0 Å². The van der Waals surface area contributed by atoms with E-state index in [9.17, 15) is 4.79 Å². The van der Waals surface area contributed by atoms with Crippen LogP contribution in [-0.4, -0.2) is 16.1 Å². The zero-order chi connectivity index (χ0) is 13.1. The molecule has 0 aliphatic carbocycles. The minimum Gasteiger partial charge on any atom is -0.478 e. The average molecular weight is 307 g/mol. The largest absolute Gasteiger partial charge is 0.478 e. The number of nitrogens with one attached hydrogen (secondary N) is 1. The van der Waals surface area contributed by atoms with Crippen molar-refractivity contribution in [2.75, 3.05) is 5.32 Å². The normalized spacial score (nSPS) is 10.1. The highest BCUT2D eigenvalue weighted by Crippen LogP contribution is 2.25. The van der Waals surface area contributed by atoms with Gasteiger partial charge in [0.15, 0.2) is 0 Å². The molecule has 0 radical (unpaired) electrons. The summed E-state index contributed by atoms with van der Waals surface area (Å²) in [7, 11) is 0. The smallest absolute Gasteiger partial charge is 0.337 e. The number of carbonyl (C=O) groups is 1. The minimum atomic E-state index is -0.977. The lowest BCUT2D eigenvalue weighted by molar-refractivity contribution is 0.0698. The molecule has 1 heterocycles. The summed E-state index contributed by atoms with van der Waals surface area (Å²) >= 11 is 3.39. The van der Waals surface area contributed by atoms with Gasteiger partial charge in [-0.2, -0.15) is 0 Å². The maximum atomic E-state index is 11.1. The number of aromatic carboxylic acids is 1. The fraction of sp³-hybridized carbons (Fsp3) is 0.0769. The van der Waals surface area contributed by atoms with Crippen LogP contribution in [0.25, 0.3) is 0 Å². The summed E-state index contributed by atoms with van der Waals surface area (Å²) in [4.78, 5) is 15.0. The number of hydrogen-bond acceptors (Lipinski definition) is 3. The molecule has 5 heteroatoms. The van der Waals surface area contributed by atoms with E-state index >= 15 is 0 Å². The lowest BCUT2D eigenvalue weighted by atomic mass is 10.1. The maximum absolute atomic E-state index is 11.1. The van der Waals surface area contributed by atoms with E-state index in [2.05, 4.69) is 26.2 Å². The molecule has 92 valence electrons. The molecule has 4 nitrogen and oxygen atoms in total. The molecule has 0 amide bonds. The highest BCUT2D eigenvalue weighted by Gasteiger charge is 2.10. The van der Waals surface area contributed by atoms with E-state index in [1.54, 1.807) is 0 Å². The maximum Gasteiger partial charge on any atom is 0.337 e. The van der Waals surface area contributed by atoms with Gasteiger partial charge in [0.1, 0.15) is 0 Å². The van der Waals surface area contributed by atoms with Gasteiger partial charge in [0.2, 0.25) is 0 Å². The summed E-state index contributed by atoms with van der Waals surface area (Å²) in [5.41, 5.74) is 2.56. The van der Waals surface area contributed by atoms with E-state index in [0.717, 1.165) is 15.7 Å². The Morgan fingerprint density at radius 1 is 1.33 bits per heavy atom. The third kappa shape index (κ3) is 2.68. The van der Waals surface area contributed by atoms with Crippen LogP contribution in [0.5, 0.6) is 0 Å². The van der Waals surface area contributed by atoms with Crippen molar-refractivity contribution < 1.29 is 9.90 Å². The Morgan fingerprint density at radius 3 is 2.78 bits per heavy atom. The quantitative estimate of drug-likeness (QED) is 0.909.